The molecule has 1 heterocycles. The van der Waals surface area contributed by atoms with Crippen LogP contribution >= 0.6 is 0 Å². The number of hydroxylamine groups is 1. The topological polar surface area (TPSA) is 49.0 Å². The first-order valence-corrected chi connectivity index (χ1v) is 6.84. The second kappa shape index (κ2) is 12.2. The molecule has 0 atom stereocenters. The first-order valence-electron chi connectivity index (χ1n) is 5.42. The van der Waals surface area contributed by atoms with Crippen LogP contribution in [-0.2, 0) is 18.1 Å². The van der Waals surface area contributed by atoms with Crippen LogP contribution < -0.4 is 5.48 Å². The fourth-order valence-electron chi connectivity index (χ4n) is 0.811. The van der Waals surface area contributed by atoms with Crippen LogP contribution in [0.4, 0.5) is 0 Å². The molecule has 6 heteroatoms. The van der Waals surface area contributed by atoms with E-state index in [0.29, 0.717) is 19.8 Å². The monoisotopic (exact) mass is 247 g/mol. The smallest absolute Gasteiger partial charge is 0.391 e. The third-order valence-electron chi connectivity index (χ3n) is 1.40. The fraction of sp³-hybridized carbons (Fsp3) is 0.600. The van der Waals surface area contributed by atoms with Gasteiger partial charge in [-0.05, 0) is 32.9 Å². The van der Waals surface area contributed by atoms with Crippen molar-refractivity contribution in [1.82, 2.24) is 5.48 Å². The summed E-state index contributed by atoms with van der Waals surface area (Å²) >= 11 is 0. The lowest BCUT2D eigenvalue weighted by Gasteiger charge is -2.12. The molecule has 0 saturated heterocycles. The normalized spacial score (nSPS) is 12.8. The number of nitrogens with one attached hydrogen (secondary N) is 1. The summed E-state index contributed by atoms with van der Waals surface area (Å²) in [6.07, 6.45) is 6.93. The molecular formula is C10H21NO4Si. The van der Waals surface area contributed by atoms with Crippen LogP contribution in [0, 0.1) is 0 Å². The van der Waals surface area contributed by atoms with Crippen molar-refractivity contribution in [1.29, 1.82) is 0 Å². The van der Waals surface area contributed by atoms with E-state index >= 15 is 0 Å². The highest BCUT2D eigenvalue weighted by Gasteiger charge is 2.11. The lowest BCUT2D eigenvalue weighted by molar-refractivity contribution is 0.107. The molecule has 0 bridgehead atoms. The quantitative estimate of drug-likeness (QED) is 0.718. The Balaban J connectivity index is 0.000000315. The fourth-order valence-corrected chi connectivity index (χ4v) is 1.92. The van der Waals surface area contributed by atoms with Gasteiger partial charge >= 0.3 is 9.53 Å². The van der Waals surface area contributed by atoms with Gasteiger partial charge in [-0.1, -0.05) is 0 Å². The molecule has 0 aliphatic carbocycles. The van der Waals surface area contributed by atoms with Gasteiger partial charge in [0, 0.05) is 26.0 Å². The van der Waals surface area contributed by atoms with E-state index in [2.05, 4.69) is 10.3 Å². The molecule has 1 aliphatic rings. The van der Waals surface area contributed by atoms with Gasteiger partial charge in [0.1, 0.15) is 6.26 Å². The first-order chi connectivity index (χ1) is 7.85. The average Bonchev–Trinajstić information content (AvgIpc) is 2.33. The zero-order valence-electron chi connectivity index (χ0n) is 10.1. The van der Waals surface area contributed by atoms with Gasteiger partial charge in [0.25, 0.3) is 0 Å². The van der Waals surface area contributed by atoms with Gasteiger partial charge in [-0.15, -0.1) is 0 Å². The van der Waals surface area contributed by atoms with Crippen molar-refractivity contribution in [2.24, 2.45) is 0 Å². The Morgan fingerprint density at radius 1 is 1.00 bits per heavy atom. The van der Waals surface area contributed by atoms with E-state index < -0.39 is 9.53 Å². The Morgan fingerprint density at radius 3 is 1.75 bits per heavy atom. The third kappa shape index (κ3) is 9.72. The highest BCUT2D eigenvalue weighted by atomic mass is 28.3. The maximum absolute atomic E-state index is 5.22. The van der Waals surface area contributed by atoms with Gasteiger partial charge in [-0.25, -0.2) is 5.48 Å². The minimum absolute atomic E-state index is 0.677. The van der Waals surface area contributed by atoms with E-state index in [1.807, 2.05) is 26.8 Å². The summed E-state index contributed by atoms with van der Waals surface area (Å²) in [5.41, 5.74) is 2.52. The van der Waals surface area contributed by atoms with Gasteiger partial charge in [0.05, 0.1) is 0 Å². The Morgan fingerprint density at radius 2 is 1.56 bits per heavy atom. The van der Waals surface area contributed by atoms with Crippen LogP contribution in [-0.4, -0.2) is 29.3 Å². The first kappa shape index (κ1) is 15.2. The van der Waals surface area contributed by atoms with Crippen molar-refractivity contribution in [3.63, 3.8) is 0 Å². The largest absolute Gasteiger partial charge is 0.484 e. The van der Waals surface area contributed by atoms with Crippen LogP contribution in [0.1, 0.15) is 20.8 Å². The van der Waals surface area contributed by atoms with Gasteiger partial charge in [-0.3, -0.25) is 0 Å². The van der Waals surface area contributed by atoms with E-state index in [9.17, 15) is 0 Å². The molecule has 0 spiro atoms. The molecule has 0 fully saturated rings. The predicted molar refractivity (Wildman–Crippen MR) is 64.5 cm³/mol. The maximum atomic E-state index is 5.22. The van der Waals surface area contributed by atoms with Crippen molar-refractivity contribution < 1.29 is 18.1 Å². The van der Waals surface area contributed by atoms with Crippen LogP contribution in [0.5, 0.6) is 0 Å². The van der Waals surface area contributed by atoms with E-state index in [4.69, 9.17) is 13.3 Å². The zero-order chi connectivity index (χ0) is 12.1. The van der Waals surface area contributed by atoms with Gasteiger partial charge in [0.2, 0.25) is 0 Å². The van der Waals surface area contributed by atoms with Crippen LogP contribution in [0.3, 0.4) is 0 Å². The van der Waals surface area contributed by atoms with Crippen molar-refractivity contribution in [3.05, 3.63) is 24.6 Å². The minimum atomic E-state index is -1.73. The predicted octanol–water partition coefficient (Wildman–Crippen LogP) is 1.36. The Hall–Kier alpha value is -0.823. The summed E-state index contributed by atoms with van der Waals surface area (Å²) in [6, 6.07) is 0. The SMILES string of the molecule is C1=CNOC=C1.CCO[SiH](OCC)OCC. The molecule has 5 nitrogen and oxygen atoms in total. The van der Waals surface area contributed by atoms with E-state index in [1.165, 1.54) is 0 Å². The average molecular weight is 247 g/mol. The van der Waals surface area contributed by atoms with Crippen molar-refractivity contribution in [2.75, 3.05) is 19.8 Å². The second-order valence-electron chi connectivity index (χ2n) is 2.58. The zero-order valence-corrected chi connectivity index (χ0v) is 11.3. The van der Waals surface area contributed by atoms with Crippen LogP contribution in [0.25, 0.3) is 0 Å². The summed E-state index contributed by atoms with van der Waals surface area (Å²) < 4.78 is 15.7. The third-order valence-corrected chi connectivity index (χ3v) is 3.21. The summed E-state index contributed by atoms with van der Waals surface area (Å²) in [5, 5.41) is 0. The summed E-state index contributed by atoms with van der Waals surface area (Å²) in [5.74, 6) is 0. The molecular weight excluding hydrogens is 226 g/mol. The summed E-state index contributed by atoms with van der Waals surface area (Å²) in [7, 11) is -1.73. The van der Waals surface area contributed by atoms with E-state index in [-0.39, 0.29) is 0 Å². The summed E-state index contributed by atoms with van der Waals surface area (Å²) in [4.78, 5) is 4.55. The minimum Gasteiger partial charge on any atom is -0.391 e. The van der Waals surface area contributed by atoms with Crippen molar-refractivity contribution >= 4 is 9.53 Å². The van der Waals surface area contributed by atoms with E-state index in [1.54, 1.807) is 18.5 Å². The molecule has 1 rings (SSSR count). The maximum Gasteiger partial charge on any atom is 0.484 e. The van der Waals surface area contributed by atoms with Gasteiger partial charge in [0.15, 0.2) is 0 Å². The van der Waals surface area contributed by atoms with Gasteiger partial charge in [-0.2, -0.15) is 0 Å². The molecule has 1 N–H and O–H groups in total. The molecule has 0 aromatic heterocycles. The number of hydrogen-bond donors (Lipinski definition) is 1. The lowest BCUT2D eigenvalue weighted by Crippen LogP contribution is -2.27. The molecule has 0 saturated carbocycles. The molecule has 0 radical (unpaired) electrons. The summed E-state index contributed by atoms with van der Waals surface area (Å²) in [6.45, 7) is 7.86. The standard InChI is InChI=1S/C6H16O3Si.C4H5NO/c1-4-7-10(8-5-2)9-6-3;1-2-4-6-5-3-1/h10H,4-6H2,1-3H3;1-5H. The number of hydrogen-bond acceptors (Lipinski definition) is 5. The molecule has 94 valence electrons. The van der Waals surface area contributed by atoms with Crippen LogP contribution in [0.2, 0.25) is 0 Å². The Kier molecular flexibility index (Phi) is 11.6. The number of rotatable bonds is 6. The highest BCUT2D eigenvalue weighted by Crippen LogP contribution is 1.91. The molecule has 0 unspecified atom stereocenters. The van der Waals surface area contributed by atoms with E-state index in [0.717, 1.165) is 0 Å². The highest BCUT2D eigenvalue weighted by molar-refractivity contribution is 6.36. The van der Waals surface area contributed by atoms with Crippen LogP contribution in [0.15, 0.2) is 24.6 Å². The molecule has 0 aromatic carbocycles. The second-order valence-corrected chi connectivity index (χ2v) is 4.16. The Labute approximate surface area is 99.0 Å². The number of allylic oxidation sites excluding steroid dienone is 2. The lowest BCUT2D eigenvalue weighted by atomic mass is 10.6. The molecule has 1 aliphatic heterocycles. The molecule has 0 aromatic rings. The Bertz CT molecular complexity index is 173. The van der Waals surface area contributed by atoms with Crippen molar-refractivity contribution in [2.45, 2.75) is 20.8 Å². The molecule has 0 amide bonds. The van der Waals surface area contributed by atoms with Crippen molar-refractivity contribution in [3.8, 4) is 0 Å². The van der Waals surface area contributed by atoms with Gasteiger partial charge < -0.3 is 18.1 Å². The molecule has 16 heavy (non-hydrogen) atoms.